The number of anilines is 1. The van der Waals surface area contributed by atoms with Crippen LogP contribution in [0.25, 0.3) is 0 Å². The summed E-state index contributed by atoms with van der Waals surface area (Å²) < 4.78 is 39.5. The van der Waals surface area contributed by atoms with Crippen molar-refractivity contribution >= 4 is 32.4 Å². The third-order valence-corrected chi connectivity index (χ3v) is 6.54. The van der Waals surface area contributed by atoms with E-state index >= 15 is 0 Å². The average molecular weight is 446 g/mol. The molecule has 2 heterocycles. The Morgan fingerprint density at radius 3 is 2.60 bits per heavy atom. The highest BCUT2D eigenvalue weighted by molar-refractivity contribution is 7.89. The van der Waals surface area contributed by atoms with E-state index in [4.69, 9.17) is 9.47 Å². The number of sulfonamides is 1. The van der Waals surface area contributed by atoms with E-state index in [2.05, 4.69) is 15.0 Å². The summed E-state index contributed by atoms with van der Waals surface area (Å²) in [5, 5.41) is 4.79. The Kier molecular flexibility index (Phi) is 5.98. The third kappa shape index (κ3) is 4.78. The molecule has 1 unspecified atom stereocenters. The topological polar surface area (TPSA) is 107 Å². The van der Waals surface area contributed by atoms with Crippen LogP contribution in [0.2, 0.25) is 0 Å². The standard InChI is InChI=1S/C20H19N3O5S2/c24-19(22-20-21-8-11-29-20)16(12-14-4-2-1-3-5-14)23-30(25,26)15-6-7-17-18(13-15)28-10-9-27-17/h1-8,11,13,16,23H,9-10,12H2,(H,21,22,24). The lowest BCUT2D eigenvalue weighted by atomic mass is 10.1. The van der Waals surface area contributed by atoms with E-state index in [1.807, 2.05) is 30.3 Å². The summed E-state index contributed by atoms with van der Waals surface area (Å²) in [7, 11) is -4.00. The number of carbonyl (C=O) groups is 1. The van der Waals surface area contributed by atoms with Crippen molar-refractivity contribution < 1.29 is 22.7 Å². The zero-order chi connectivity index (χ0) is 21.0. The van der Waals surface area contributed by atoms with E-state index in [1.54, 1.807) is 17.6 Å². The lowest BCUT2D eigenvalue weighted by molar-refractivity contribution is -0.117. The molecule has 2 aromatic carbocycles. The number of amides is 1. The second-order valence-electron chi connectivity index (χ2n) is 6.50. The Labute approximate surface area is 177 Å². The number of benzene rings is 2. The third-order valence-electron chi connectivity index (χ3n) is 4.38. The molecule has 3 aromatic rings. The zero-order valence-electron chi connectivity index (χ0n) is 15.8. The Morgan fingerprint density at radius 1 is 1.10 bits per heavy atom. The fourth-order valence-corrected chi connectivity index (χ4v) is 4.70. The van der Waals surface area contributed by atoms with Gasteiger partial charge in [0.25, 0.3) is 0 Å². The first-order valence-corrected chi connectivity index (χ1v) is 11.5. The number of rotatable bonds is 7. The number of hydrogen-bond acceptors (Lipinski definition) is 7. The van der Waals surface area contributed by atoms with Gasteiger partial charge in [-0.1, -0.05) is 30.3 Å². The highest BCUT2D eigenvalue weighted by atomic mass is 32.2. The second-order valence-corrected chi connectivity index (χ2v) is 9.10. The molecule has 2 N–H and O–H groups in total. The predicted molar refractivity (Wildman–Crippen MR) is 112 cm³/mol. The molecule has 8 nitrogen and oxygen atoms in total. The van der Waals surface area contributed by atoms with E-state index in [-0.39, 0.29) is 11.3 Å². The summed E-state index contributed by atoms with van der Waals surface area (Å²) in [6.45, 7) is 0.754. The molecule has 156 valence electrons. The molecule has 0 aliphatic carbocycles. The van der Waals surface area contributed by atoms with Crippen LogP contribution in [0.3, 0.4) is 0 Å². The fourth-order valence-electron chi connectivity index (χ4n) is 2.96. The molecule has 1 aliphatic heterocycles. The number of ether oxygens (including phenoxy) is 2. The van der Waals surface area contributed by atoms with Crippen molar-refractivity contribution in [2.24, 2.45) is 0 Å². The number of nitrogens with zero attached hydrogens (tertiary/aromatic N) is 1. The average Bonchev–Trinajstić information content (AvgIpc) is 3.26. The maximum atomic E-state index is 13.0. The molecule has 4 rings (SSSR count). The van der Waals surface area contributed by atoms with Crippen molar-refractivity contribution in [2.45, 2.75) is 17.4 Å². The molecule has 0 saturated heterocycles. The van der Waals surface area contributed by atoms with E-state index in [1.165, 1.54) is 23.5 Å². The summed E-state index contributed by atoms with van der Waals surface area (Å²) in [5.74, 6) is 0.355. The van der Waals surface area contributed by atoms with Gasteiger partial charge in [0.1, 0.15) is 19.3 Å². The number of carbonyl (C=O) groups excluding carboxylic acids is 1. The first kappa shape index (κ1) is 20.3. The van der Waals surface area contributed by atoms with Crippen molar-refractivity contribution in [3.63, 3.8) is 0 Å². The van der Waals surface area contributed by atoms with Crippen LogP contribution in [0, 0.1) is 0 Å². The van der Waals surface area contributed by atoms with Gasteiger partial charge in [0.05, 0.1) is 4.90 Å². The van der Waals surface area contributed by atoms with Gasteiger partial charge in [0.2, 0.25) is 15.9 Å². The van der Waals surface area contributed by atoms with E-state index in [9.17, 15) is 13.2 Å². The Bertz CT molecular complexity index is 1120. The maximum absolute atomic E-state index is 13.0. The van der Waals surface area contributed by atoms with Crippen LogP contribution in [0.5, 0.6) is 11.5 Å². The molecule has 1 aromatic heterocycles. The first-order valence-electron chi connectivity index (χ1n) is 9.17. The predicted octanol–water partition coefficient (Wildman–Crippen LogP) is 2.44. The Morgan fingerprint density at radius 2 is 1.87 bits per heavy atom. The van der Waals surface area contributed by atoms with Crippen LogP contribution in [-0.2, 0) is 21.2 Å². The number of nitrogens with one attached hydrogen (secondary N) is 2. The van der Waals surface area contributed by atoms with Gasteiger partial charge in [-0.05, 0) is 24.1 Å². The minimum Gasteiger partial charge on any atom is -0.486 e. The fraction of sp³-hybridized carbons (Fsp3) is 0.200. The van der Waals surface area contributed by atoms with Gasteiger partial charge in [0, 0.05) is 17.6 Å². The lowest BCUT2D eigenvalue weighted by Gasteiger charge is -2.21. The van der Waals surface area contributed by atoms with Crippen LogP contribution >= 0.6 is 11.3 Å². The highest BCUT2D eigenvalue weighted by Gasteiger charge is 2.28. The van der Waals surface area contributed by atoms with Gasteiger partial charge in [-0.2, -0.15) is 4.72 Å². The van der Waals surface area contributed by atoms with Crippen molar-refractivity contribution in [1.82, 2.24) is 9.71 Å². The summed E-state index contributed by atoms with van der Waals surface area (Å²) >= 11 is 1.25. The van der Waals surface area contributed by atoms with Gasteiger partial charge >= 0.3 is 0 Å². The number of fused-ring (bicyclic) bond motifs is 1. The molecule has 1 atom stereocenters. The van der Waals surface area contributed by atoms with Crippen LogP contribution in [0.4, 0.5) is 5.13 Å². The molecule has 0 bridgehead atoms. The highest BCUT2D eigenvalue weighted by Crippen LogP contribution is 2.32. The van der Waals surface area contributed by atoms with Gasteiger partial charge in [0.15, 0.2) is 16.6 Å². The minimum absolute atomic E-state index is 0.00754. The summed E-state index contributed by atoms with van der Waals surface area (Å²) in [6.07, 6.45) is 1.74. The van der Waals surface area contributed by atoms with Crippen LogP contribution in [0.1, 0.15) is 5.56 Å². The van der Waals surface area contributed by atoms with Crippen molar-refractivity contribution in [2.75, 3.05) is 18.5 Å². The summed E-state index contributed by atoms with van der Waals surface area (Å²) in [5.41, 5.74) is 0.821. The molecule has 0 radical (unpaired) electrons. The molecule has 0 spiro atoms. The lowest BCUT2D eigenvalue weighted by Crippen LogP contribution is -2.45. The minimum atomic E-state index is -4.00. The summed E-state index contributed by atoms with van der Waals surface area (Å²) in [6, 6.07) is 12.5. The zero-order valence-corrected chi connectivity index (χ0v) is 17.4. The maximum Gasteiger partial charge on any atom is 0.244 e. The van der Waals surface area contributed by atoms with Crippen molar-refractivity contribution in [3.8, 4) is 11.5 Å². The summed E-state index contributed by atoms with van der Waals surface area (Å²) in [4.78, 5) is 16.9. The van der Waals surface area contributed by atoms with E-state index in [0.29, 0.717) is 29.8 Å². The molecule has 0 fully saturated rings. The normalized spacial score (nSPS) is 14.1. The number of hydrogen-bond donors (Lipinski definition) is 2. The molecule has 30 heavy (non-hydrogen) atoms. The smallest absolute Gasteiger partial charge is 0.244 e. The SMILES string of the molecule is O=C(Nc1nccs1)C(Cc1ccccc1)NS(=O)(=O)c1ccc2c(c1)OCCO2. The van der Waals surface area contributed by atoms with E-state index < -0.39 is 22.0 Å². The molecule has 1 amide bonds. The van der Waals surface area contributed by atoms with Crippen molar-refractivity contribution in [1.29, 1.82) is 0 Å². The second kappa shape index (κ2) is 8.82. The first-order chi connectivity index (χ1) is 14.5. The quantitative estimate of drug-likeness (QED) is 0.579. The molecular formula is C20H19N3O5S2. The van der Waals surface area contributed by atoms with Crippen LogP contribution in [-0.4, -0.2) is 38.6 Å². The Hall–Kier alpha value is -2.95. The largest absolute Gasteiger partial charge is 0.486 e. The number of thiazole rings is 1. The van der Waals surface area contributed by atoms with E-state index in [0.717, 1.165) is 5.56 Å². The number of aromatic nitrogens is 1. The molecular weight excluding hydrogens is 426 g/mol. The molecule has 10 heteroatoms. The van der Waals surface area contributed by atoms with Gasteiger partial charge in [-0.15, -0.1) is 11.3 Å². The van der Waals surface area contributed by atoms with Crippen LogP contribution < -0.4 is 19.5 Å². The van der Waals surface area contributed by atoms with Gasteiger partial charge in [-0.25, -0.2) is 13.4 Å². The van der Waals surface area contributed by atoms with Crippen molar-refractivity contribution in [3.05, 3.63) is 65.7 Å². The van der Waals surface area contributed by atoms with Gasteiger partial charge in [-0.3, -0.25) is 4.79 Å². The molecule has 0 saturated carbocycles. The van der Waals surface area contributed by atoms with Crippen LogP contribution in [0.15, 0.2) is 65.0 Å². The Balaban J connectivity index is 1.58. The monoisotopic (exact) mass is 445 g/mol. The van der Waals surface area contributed by atoms with Gasteiger partial charge < -0.3 is 14.8 Å². The molecule has 1 aliphatic rings.